The van der Waals surface area contributed by atoms with E-state index >= 15 is 0 Å². The second kappa shape index (κ2) is 8.05. The SMILES string of the molecule is CN(C)c1ccc(Nc2cc(C(=O)Nc3ccc(F)c(Cl)c3)ccn2)cc1. The summed E-state index contributed by atoms with van der Waals surface area (Å²) >= 11 is 5.74. The molecule has 1 aromatic heterocycles. The third-order valence-electron chi connectivity index (χ3n) is 3.86. The minimum absolute atomic E-state index is 0.0499. The molecule has 0 spiro atoms. The number of hydrogen-bond acceptors (Lipinski definition) is 4. The monoisotopic (exact) mass is 384 g/mol. The summed E-state index contributed by atoms with van der Waals surface area (Å²) in [6.45, 7) is 0. The van der Waals surface area contributed by atoms with Crippen molar-refractivity contribution in [3.05, 3.63) is 77.2 Å². The lowest BCUT2D eigenvalue weighted by molar-refractivity contribution is 0.102. The average molecular weight is 385 g/mol. The summed E-state index contributed by atoms with van der Waals surface area (Å²) in [7, 11) is 3.95. The summed E-state index contributed by atoms with van der Waals surface area (Å²) in [4.78, 5) is 18.7. The van der Waals surface area contributed by atoms with Crippen LogP contribution in [0.1, 0.15) is 10.4 Å². The number of amides is 1. The standard InChI is InChI=1S/C20H18ClFN4O/c1-26(2)16-6-3-14(4-7-16)24-19-11-13(9-10-23-19)20(27)25-15-5-8-18(22)17(21)12-15/h3-12H,1-2H3,(H,23,24)(H,25,27). The molecule has 0 radical (unpaired) electrons. The number of halogens is 2. The van der Waals surface area contributed by atoms with Crippen molar-refractivity contribution in [2.24, 2.45) is 0 Å². The van der Waals surface area contributed by atoms with Crippen LogP contribution in [0.25, 0.3) is 0 Å². The van der Waals surface area contributed by atoms with E-state index in [9.17, 15) is 9.18 Å². The Morgan fingerprint density at radius 2 is 1.74 bits per heavy atom. The summed E-state index contributed by atoms with van der Waals surface area (Å²) in [6, 6.07) is 15.1. The highest BCUT2D eigenvalue weighted by Gasteiger charge is 2.09. The van der Waals surface area contributed by atoms with Crippen LogP contribution in [0.15, 0.2) is 60.8 Å². The molecule has 0 unspecified atom stereocenters. The van der Waals surface area contributed by atoms with Gasteiger partial charge in [0.1, 0.15) is 11.6 Å². The number of hydrogen-bond donors (Lipinski definition) is 2. The molecule has 138 valence electrons. The van der Waals surface area contributed by atoms with Crippen LogP contribution < -0.4 is 15.5 Å². The van der Waals surface area contributed by atoms with Crippen molar-refractivity contribution in [2.75, 3.05) is 29.6 Å². The molecule has 3 aromatic rings. The van der Waals surface area contributed by atoms with Gasteiger partial charge in [0.2, 0.25) is 0 Å². The molecule has 1 amide bonds. The third kappa shape index (κ3) is 4.74. The zero-order valence-electron chi connectivity index (χ0n) is 14.8. The van der Waals surface area contributed by atoms with Gasteiger partial charge in [-0.2, -0.15) is 0 Å². The first-order valence-corrected chi connectivity index (χ1v) is 8.57. The lowest BCUT2D eigenvalue weighted by Crippen LogP contribution is -2.12. The van der Waals surface area contributed by atoms with E-state index in [1.165, 1.54) is 18.2 Å². The van der Waals surface area contributed by atoms with Crippen molar-refractivity contribution >= 4 is 40.4 Å². The first-order valence-electron chi connectivity index (χ1n) is 8.19. The summed E-state index contributed by atoms with van der Waals surface area (Å²) in [5, 5.41) is 5.80. The van der Waals surface area contributed by atoms with Gasteiger partial charge in [-0.05, 0) is 54.6 Å². The lowest BCUT2D eigenvalue weighted by Gasteiger charge is -2.13. The fraction of sp³-hybridized carbons (Fsp3) is 0.100. The van der Waals surface area contributed by atoms with Crippen LogP contribution in [0.4, 0.5) is 27.3 Å². The number of pyridine rings is 1. The summed E-state index contributed by atoms with van der Waals surface area (Å²) in [5.41, 5.74) is 2.77. The largest absolute Gasteiger partial charge is 0.378 e. The Bertz CT molecular complexity index is 960. The van der Waals surface area contributed by atoms with Crippen LogP contribution >= 0.6 is 11.6 Å². The smallest absolute Gasteiger partial charge is 0.255 e. The van der Waals surface area contributed by atoms with Crippen molar-refractivity contribution in [1.82, 2.24) is 4.98 Å². The van der Waals surface area contributed by atoms with Gasteiger partial charge in [-0.25, -0.2) is 9.37 Å². The average Bonchev–Trinajstić information content (AvgIpc) is 2.65. The van der Waals surface area contributed by atoms with Gasteiger partial charge < -0.3 is 15.5 Å². The minimum Gasteiger partial charge on any atom is -0.378 e. The Kier molecular flexibility index (Phi) is 5.57. The van der Waals surface area contributed by atoms with E-state index in [0.717, 1.165) is 11.4 Å². The third-order valence-corrected chi connectivity index (χ3v) is 4.15. The van der Waals surface area contributed by atoms with E-state index in [1.807, 2.05) is 43.3 Å². The molecule has 2 N–H and O–H groups in total. The van der Waals surface area contributed by atoms with Gasteiger partial charge >= 0.3 is 0 Å². The molecule has 7 heteroatoms. The Hall–Kier alpha value is -3.12. The van der Waals surface area contributed by atoms with Crippen molar-refractivity contribution in [3.8, 4) is 0 Å². The number of carbonyl (C=O) groups excluding carboxylic acids is 1. The van der Waals surface area contributed by atoms with E-state index in [-0.39, 0.29) is 10.9 Å². The summed E-state index contributed by atoms with van der Waals surface area (Å²) in [6.07, 6.45) is 1.54. The number of benzene rings is 2. The lowest BCUT2D eigenvalue weighted by atomic mass is 10.2. The van der Waals surface area contributed by atoms with Gasteiger partial charge in [0, 0.05) is 42.9 Å². The number of aromatic nitrogens is 1. The first-order chi connectivity index (χ1) is 12.9. The highest BCUT2D eigenvalue weighted by molar-refractivity contribution is 6.31. The van der Waals surface area contributed by atoms with Crippen molar-refractivity contribution in [1.29, 1.82) is 0 Å². The second-order valence-corrected chi connectivity index (χ2v) is 6.49. The molecule has 3 rings (SSSR count). The van der Waals surface area contributed by atoms with Crippen LogP contribution in [-0.2, 0) is 0 Å². The van der Waals surface area contributed by atoms with Crippen LogP contribution in [-0.4, -0.2) is 25.0 Å². The highest BCUT2D eigenvalue weighted by Crippen LogP contribution is 2.22. The molecule has 0 aliphatic heterocycles. The fourth-order valence-electron chi connectivity index (χ4n) is 2.41. The maximum atomic E-state index is 13.2. The number of nitrogens with one attached hydrogen (secondary N) is 2. The minimum atomic E-state index is -0.537. The Labute approximate surface area is 161 Å². The molecule has 0 aliphatic rings. The maximum Gasteiger partial charge on any atom is 0.255 e. The zero-order chi connectivity index (χ0) is 19.4. The normalized spacial score (nSPS) is 10.4. The van der Waals surface area contributed by atoms with Gasteiger partial charge in [-0.15, -0.1) is 0 Å². The highest BCUT2D eigenvalue weighted by atomic mass is 35.5. The topological polar surface area (TPSA) is 57.3 Å². The molecule has 0 fully saturated rings. The molecular formula is C20H18ClFN4O. The van der Waals surface area contributed by atoms with Crippen LogP contribution in [0.5, 0.6) is 0 Å². The molecule has 0 aliphatic carbocycles. The van der Waals surface area contributed by atoms with Crippen LogP contribution in [0.2, 0.25) is 5.02 Å². The van der Waals surface area contributed by atoms with Gasteiger partial charge in [0.05, 0.1) is 5.02 Å². The Balaban J connectivity index is 1.72. The zero-order valence-corrected chi connectivity index (χ0v) is 15.6. The van der Waals surface area contributed by atoms with E-state index < -0.39 is 5.82 Å². The molecule has 1 heterocycles. The van der Waals surface area contributed by atoms with E-state index in [0.29, 0.717) is 17.1 Å². The van der Waals surface area contributed by atoms with Gasteiger partial charge in [0.15, 0.2) is 0 Å². The van der Waals surface area contributed by atoms with Crippen molar-refractivity contribution in [3.63, 3.8) is 0 Å². The predicted octanol–water partition coefficient (Wildman–Crippen LogP) is 4.94. The molecular weight excluding hydrogens is 367 g/mol. The van der Waals surface area contributed by atoms with Gasteiger partial charge in [0.25, 0.3) is 5.91 Å². The van der Waals surface area contributed by atoms with E-state index in [1.54, 1.807) is 18.3 Å². The quantitative estimate of drug-likeness (QED) is 0.654. The molecule has 27 heavy (non-hydrogen) atoms. The van der Waals surface area contributed by atoms with E-state index in [4.69, 9.17) is 11.6 Å². The number of nitrogens with zero attached hydrogens (tertiary/aromatic N) is 2. The van der Waals surface area contributed by atoms with Crippen molar-refractivity contribution in [2.45, 2.75) is 0 Å². The fourth-order valence-corrected chi connectivity index (χ4v) is 2.59. The molecule has 0 atom stereocenters. The van der Waals surface area contributed by atoms with Gasteiger partial charge in [-0.1, -0.05) is 11.6 Å². The first kappa shape index (κ1) is 18.7. The second-order valence-electron chi connectivity index (χ2n) is 6.08. The molecule has 0 saturated carbocycles. The Morgan fingerprint density at radius 3 is 2.41 bits per heavy atom. The number of anilines is 4. The Morgan fingerprint density at radius 1 is 1.04 bits per heavy atom. The van der Waals surface area contributed by atoms with Crippen LogP contribution in [0.3, 0.4) is 0 Å². The summed E-state index contributed by atoms with van der Waals surface area (Å²) in [5.74, 6) is -0.339. The van der Waals surface area contributed by atoms with Crippen molar-refractivity contribution < 1.29 is 9.18 Å². The molecule has 0 saturated heterocycles. The number of rotatable bonds is 5. The number of carbonyl (C=O) groups is 1. The maximum absolute atomic E-state index is 13.2. The molecule has 2 aromatic carbocycles. The molecule has 5 nitrogen and oxygen atoms in total. The van der Waals surface area contributed by atoms with Crippen LogP contribution in [0, 0.1) is 5.82 Å². The summed E-state index contributed by atoms with van der Waals surface area (Å²) < 4.78 is 13.2. The molecule has 0 bridgehead atoms. The van der Waals surface area contributed by atoms with E-state index in [2.05, 4.69) is 15.6 Å². The predicted molar refractivity (Wildman–Crippen MR) is 108 cm³/mol. The van der Waals surface area contributed by atoms with Gasteiger partial charge in [-0.3, -0.25) is 4.79 Å².